The molecule has 0 saturated carbocycles. The number of methoxy groups -OCH3 is 1. The minimum Gasteiger partial charge on any atom is -0.497 e. The lowest BCUT2D eigenvalue weighted by Gasteiger charge is -2.09. The van der Waals surface area contributed by atoms with Crippen molar-refractivity contribution in [2.75, 3.05) is 20.3 Å². The summed E-state index contributed by atoms with van der Waals surface area (Å²) >= 11 is 5.86. The smallest absolute Gasteiger partial charge is 0.123 e. The van der Waals surface area contributed by atoms with Crippen molar-refractivity contribution < 1.29 is 14.2 Å². The van der Waals surface area contributed by atoms with Gasteiger partial charge in [-0.2, -0.15) is 0 Å². The highest BCUT2D eigenvalue weighted by Crippen LogP contribution is 2.19. The molecule has 0 aromatic heterocycles. The molecule has 0 spiro atoms. The topological polar surface area (TPSA) is 27.7 Å². The number of hydrogen-bond acceptors (Lipinski definition) is 3. The highest BCUT2D eigenvalue weighted by molar-refractivity contribution is 6.30. The van der Waals surface area contributed by atoms with Gasteiger partial charge in [0, 0.05) is 11.1 Å². The zero-order valence-corrected chi connectivity index (χ0v) is 11.4. The molecule has 100 valence electrons. The summed E-state index contributed by atoms with van der Waals surface area (Å²) in [5.74, 6) is 2.27. The molecule has 0 N–H and O–H groups in total. The average Bonchev–Trinajstić information content (AvgIpc) is 2.44. The van der Waals surface area contributed by atoms with Crippen LogP contribution in [-0.4, -0.2) is 20.3 Å². The van der Waals surface area contributed by atoms with Crippen LogP contribution >= 0.6 is 11.6 Å². The Labute approximate surface area is 117 Å². The lowest BCUT2D eigenvalue weighted by molar-refractivity contribution is 0.216. The summed E-state index contributed by atoms with van der Waals surface area (Å²) in [5, 5.41) is 0.659. The quantitative estimate of drug-likeness (QED) is 0.752. The molecule has 2 rings (SSSR count). The molecule has 0 radical (unpaired) electrons. The minimum atomic E-state index is 0.456. The fraction of sp³-hybridized carbons (Fsp3) is 0.200. The van der Waals surface area contributed by atoms with Gasteiger partial charge in [0.2, 0.25) is 0 Å². The van der Waals surface area contributed by atoms with Gasteiger partial charge >= 0.3 is 0 Å². The number of ether oxygens (including phenoxy) is 3. The Kier molecular flexibility index (Phi) is 4.93. The summed E-state index contributed by atoms with van der Waals surface area (Å²) in [6.07, 6.45) is 0. The van der Waals surface area contributed by atoms with E-state index in [2.05, 4.69) is 0 Å². The van der Waals surface area contributed by atoms with Crippen LogP contribution in [-0.2, 0) is 0 Å². The van der Waals surface area contributed by atoms with Gasteiger partial charge in [-0.05, 0) is 30.3 Å². The Hall–Kier alpha value is -1.87. The van der Waals surface area contributed by atoms with Crippen molar-refractivity contribution in [1.29, 1.82) is 0 Å². The van der Waals surface area contributed by atoms with Crippen LogP contribution in [0, 0.1) is 0 Å². The largest absolute Gasteiger partial charge is 0.497 e. The van der Waals surface area contributed by atoms with Crippen molar-refractivity contribution in [2.24, 2.45) is 0 Å². The summed E-state index contributed by atoms with van der Waals surface area (Å²) in [6.45, 7) is 0.914. The van der Waals surface area contributed by atoms with Gasteiger partial charge in [-0.3, -0.25) is 0 Å². The van der Waals surface area contributed by atoms with E-state index in [9.17, 15) is 0 Å². The van der Waals surface area contributed by atoms with E-state index in [0.29, 0.717) is 18.2 Å². The van der Waals surface area contributed by atoms with E-state index in [4.69, 9.17) is 25.8 Å². The first-order chi connectivity index (χ1) is 9.28. The third-order valence-corrected chi connectivity index (χ3v) is 2.69. The third kappa shape index (κ3) is 4.38. The molecule has 2 aromatic carbocycles. The van der Waals surface area contributed by atoms with Crippen molar-refractivity contribution in [3.63, 3.8) is 0 Å². The molecule has 0 aliphatic heterocycles. The number of halogens is 1. The van der Waals surface area contributed by atoms with Crippen LogP contribution in [0.4, 0.5) is 0 Å². The van der Waals surface area contributed by atoms with Crippen LogP contribution in [0.5, 0.6) is 17.2 Å². The Balaban J connectivity index is 1.77. The first kappa shape index (κ1) is 13.6. The molecule has 0 aliphatic carbocycles. The second kappa shape index (κ2) is 6.90. The summed E-state index contributed by atoms with van der Waals surface area (Å²) in [6, 6.07) is 14.7. The Morgan fingerprint density at radius 3 is 2.05 bits per heavy atom. The lowest BCUT2D eigenvalue weighted by Crippen LogP contribution is -2.08. The number of rotatable bonds is 6. The van der Waals surface area contributed by atoms with Gasteiger partial charge in [0.1, 0.15) is 30.5 Å². The molecule has 0 unspecified atom stereocenters. The average molecular weight is 279 g/mol. The predicted molar refractivity (Wildman–Crippen MR) is 75.4 cm³/mol. The Morgan fingerprint density at radius 1 is 0.842 bits per heavy atom. The molecule has 2 aromatic rings. The SMILES string of the molecule is COc1cccc(OCCOc2cccc(Cl)c2)c1. The summed E-state index contributed by atoms with van der Waals surface area (Å²) in [7, 11) is 1.63. The van der Waals surface area contributed by atoms with Gasteiger partial charge < -0.3 is 14.2 Å². The zero-order chi connectivity index (χ0) is 13.5. The van der Waals surface area contributed by atoms with E-state index < -0.39 is 0 Å². The first-order valence-electron chi connectivity index (χ1n) is 5.93. The van der Waals surface area contributed by atoms with E-state index in [-0.39, 0.29) is 0 Å². The first-order valence-corrected chi connectivity index (χ1v) is 6.31. The van der Waals surface area contributed by atoms with Crippen molar-refractivity contribution in [3.05, 3.63) is 53.6 Å². The molecule has 0 atom stereocenters. The number of benzene rings is 2. The van der Waals surface area contributed by atoms with Gasteiger partial charge in [0.05, 0.1) is 7.11 Å². The van der Waals surface area contributed by atoms with E-state index in [1.165, 1.54) is 0 Å². The van der Waals surface area contributed by atoms with Gasteiger partial charge in [-0.25, -0.2) is 0 Å². The highest BCUT2D eigenvalue weighted by atomic mass is 35.5. The molecule has 0 fully saturated rings. The van der Waals surface area contributed by atoms with Gasteiger partial charge in [0.25, 0.3) is 0 Å². The maximum Gasteiger partial charge on any atom is 0.123 e. The maximum atomic E-state index is 5.86. The Bertz CT molecular complexity index is 528. The molecule has 0 saturated heterocycles. The molecule has 19 heavy (non-hydrogen) atoms. The van der Waals surface area contributed by atoms with Crippen LogP contribution in [0.15, 0.2) is 48.5 Å². The molecule has 0 bridgehead atoms. The van der Waals surface area contributed by atoms with Crippen LogP contribution in [0.2, 0.25) is 5.02 Å². The third-order valence-electron chi connectivity index (χ3n) is 2.46. The fourth-order valence-electron chi connectivity index (χ4n) is 1.57. The highest BCUT2D eigenvalue weighted by Gasteiger charge is 1.98. The molecular weight excluding hydrogens is 264 g/mol. The molecule has 0 aliphatic rings. The van der Waals surface area contributed by atoms with Crippen LogP contribution in [0.25, 0.3) is 0 Å². The molecule has 0 amide bonds. The van der Waals surface area contributed by atoms with Crippen molar-refractivity contribution in [1.82, 2.24) is 0 Å². The van der Waals surface area contributed by atoms with Gasteiger partial charge in [-0.1, -0.05) is 23.7 Å². The van der Waals surface area contributed by atoms with Crippen molar-refractivity contribution in [3.8, 4) is 17.2 Å². The van der Waals surface area contributed by atoms with Crippen LogP contribution in [0.3, 0.4) is 0 Å². The van der Waals surface area contributed by atoms with E-state index in [0.717, 1.165) is 17.2 Å². The second-order valence-electron chi connectivity index (χ2n) is 3.83. The number of hydrogen-bond donors (Lipinski definition) is 0. The summed E-state index contributed by atoms with van der Waals surface area (Å²) in [5.41, 5.74) is 0. The minimum absolute atomic E-state index is 0.456. The summed E-state index contributed by atoms with van der Waals surface area (Å²) in [4.78, 5) is 0. The van der Waals surface area contributed by atoms with Crippen LogP contribution < -0.4 is 14.2 Å². The predicted octanol–water partition coefficient (Wildman–Crippen LogP) is 3.81. The normalized spacial score (nSPS) is 10.0. The fourth-order valence-corrected chi connectivity index (χ4v) is 1.75. The second-order valence-corrected chi connectivity index (χ2v) is 4.27. The van der Waals surface area contributed by atoms with E-state index in [1.54, 1.807) is 19.2 Å². The zero-order valence-electron chi connectivity index (χ0n) is 10.6. The van der Waals surface area contributed by atoms with Gasteiger partial charge in [-0.15, -0.1) is 0 Å². The molecule has 0 heterocycles. The maximum absolute atomic E-state index is 5.86. The van der Waals surface area contributed by atoms with E-state index >= 15 is 0 Å². The van der Waals surface area contributed by atoms with Crippen molar-refractivity contribution >= 4 is 11.6 Å². The van der Waals surface area contributed by atoms with E-state index in [1.807, 2.05) is 36.4 Å². The standard InChI is InChI=1S/C15H15ClO3/c1-17-13-5-3-7-15(11-13)19-9-8-18-14-6-2-4-12(16)10-14/h2-7,10-11H,8-9H2,1H3. The monoisotopic (exact) mass is 278 g/mol. The molecule has 3 nitrogen and oxygen atoms in total. The molecule has 4 heteroatoms. The molecular formula is C15H15ClO3. The van der Waals surface area contributed by atoms with Crippen LogP contribution in [0.1, 0.15) is 0 Å². The Morgan fingerprint density at radius 2 is 1.42 bits per heavy atom. The summed E-state index contributed by atoms with van der Waals surface area (Å²) < 4.78 is 16.2. The van der Waals surface area contributed by atoms with Crippen molar-refractivity contribution in [2.45, 2.75) is 0 Å². The lowest BCUT2D eigenvalue weighted by atomic mass is 10.3. The van der Waals surface area contributed by atoms with Gasteiger partial charge in [0.15, 0.2) is 0 Å².